The number of amides is 1. The molecule has 0 bridgehead atoms. The molecule has 0 aliphatic carbocycles. The smallest absolute Gasteiger partial charge is 0.267 e. The van der Waals surface area contributed by atoms with Crippen molar-refractivity contribution in [1.82, 2.24) is 24.3 Å². The third kappa shape index (κ3) is 4.46. The van der Waals surface area contributed by atoms with Gasteiger partial charge in [0.1, 0.15) is 16.8 Å². The van der Waals surface area contributed by atoms with Gasteiger partial charge in [0.25, 0.3) is 11.5 Å². The lowest BCUT2D eigenvalue weighted by molar-refractivity contribution is 0.0951. The maximum atomic E-state index is 13.4. The van der Waals surface area contributed by atoms with Crippen LogP contribution in [0.4, 0.5) is 0 Å². The van der Waals surface area contributed by atoms with Crippen molar-refractivity contribution in [3.05, 3.63) is 117 Å². The zero-order valence-electron chi connectivity index (χ0n) is 19.2. The Hall–Kier alpha value is -4.59. The number of rotatable bonds is 6. The average molecular weight is 465 g/mol. The van der Waals surface area contributed by atoms with Crippen LogP contribution < -0.4 is 16.4 Å². The van der Waals surface area contributed by atoms with E-state index in [1.165, 1.54) is 10.5 Å². The second-order valence-electron chi connectivity index (χ2n) is 8.43. The van der Waals surface area contributed by atoms with Crippen LogP contribution in [0.2, 0.25) is 0 Å². The Bertz CT molecular complexity index is 1660. The van der Waals surface area contributed by atoms with Gasteiger partial charge in [0.05, 0.1) is 17.5 Å². The molecule has 0 aliphatic heterocycles. The summed E-state index contributed by atoms with van der Waals surface area (Å²) in [5.74, 6) is -0.401. The molecule has 8 nitrogen and oxygen atoms in total. The zero-order valence-corrected chi connectivity index (χ0v) is 19.2. The molecular formula is C27H24N6O2. The van der Waals surface area contributed by atoms with Gasteiger partial charge in [-0.2, -0.15) is 0 Å². The second-order valence-corrected chi connectivity index (χ2v) is 8.43. The molecule has 1 amide bonds. The number of carbonyl (C=O) groups is 1. The lowest BCUT2D eigenvalue weighted by Crippen LogP contribution is -2.36. The van der Waals surface area contributed by atoms with Crippen molar-refractivity contribution in [2.75, 3.05) is 6.54 Å². The quantitative estimate of drug-likeness (QED) is 0.377. The summed E-state index contributed by atoms with van der Waals surface area (Å²) in [6, 6.07) is 18.7. The third-order valence-electron chi connectivity index (χ3n) is 5.90. The lowest BCUT2D eigenvalue weighted by atomic mass is 10.1. The average Bonchev–Trinajstić information content (AvgIpc) is 2.87. The van der Waals surface area contributed by atoms with Crippen LogP contribution in [0.15, 0.2) is 84.0 Å². The Labute approximate surface area is 201 Å². The minimum absolute atomic E-state index is 0.0121. The maximum Gasteiger partial charge on any atom is 0.267 e. The number of fused-ring (bicyclic) bond motifs is 2. The van der Waals surface area contributed by atoms with E-state index in [4.69, 9.17) is 10.4 Å². The van der Waals surface area contributed by atoms with Crippen molar-refractivity contribution in [1.29, 1.82) is 5.41 Å². The van der Waals surface area contributed by atoms with Crippen LogP contribution >= 0.6 is 0 Å². The van der Waals surface area contributed by atoms with E-state index >= 15 is 0 Å². The topological polar surface area (TPSA) is 105 Å². The third-order valence-corrected chi connectivity index (χ3v) is 5.90. The molecule has 0 atom stereocenters. The molecule has 2 N–H and O–H groups in total. The number of carbonyl (C=O) groups excluding carboxylic acids is 1. The normalized spacial score (nSPS) is 11.1. The summed E-state index contributed by atoms with van der Waals surface area (Å²) in [6.07, 6.45) is 5.76. The van der Waals surface area contributed by atoms with E-state index in [2.05, 4.69) is 10.3 Å². The molecule has 4 aromatic heterocycles. The van der Waals surface area contributed by atoms with Crippen molar-refractivity contribution in [2.45, 2.75) is 19.9 Å². The number of hydrogen-bond acceptors (Lipinski definition) is 5. The van der Waals surface area contributed by atoms with Crippen LogP contribution in [-0.2, 0) is 13.0 Å². The van der Waals surface area contributed by atoms with E-state index in [1.54, 1.807) is 29.2 Å². The first-order valence-corrected chi connectivity index (χ1v) is 11.3. The molecule has 0 saturated carbocycles. The van der Waals surface area contributed by atoms with Crippen molar-refractivity contribution in [3.63, 3.8) is 0 Å². The molecule has 35 heavy (non-hydrogen) atoms. The SMILES string of the molecule is Cc1ccc2nc3c(cc(C(=O)NCCc4ccccc4)c(=N)n3Cc3cccnc3)c(=O)n2c1. The standard InChI is InChI=1S/C27H24N6O2/c1-18-9-10-23-31-25-22(27(35)32(23)16-18)14-21(24(28)33(25)17-20-8-5-12-29-15-20)26(34)30-13-11-19-6-3-2-4-7-19/h2-10,12,14-16,28H,11,13,17H2,1H3,(H,30,34). The summed E-state index contributed by atoms with van der Waals surface area (Å²) in [7, 11) is 0. The predicted octanol–water partition coefficient (Wildman–Crippen LogP) is 2.85. The molecule has 5 rings (SSSR count). The number of pyridine rings is 3. The molecule has 1 aromatic carbocycles. The first-order chi connectivity index (χ1) is 17.0. The number of nitrogens with one attached hydrogen (secondary N) is 2. The highest BCUT2D eigenvalue weighted by Gasteiger charge is 2.18. The van der Waals surface area contributed by atoms with Crippen LogP contribution in [0, 0.1) is 12.3 Å². The second kappa shape index (κ2) is 9.34. The van der Waals surface area contributed by atoms with Crippen LogP contribution in [0.1, 0.15) is 27.0 Å². The van der Waals surface area contributed by atoms with Crippen LogP contribution in [0.25, 0.3) is 16.7 Å². The fourth-order valence-corrected chi connectivity index (χ4v) is 4.10. The fraction of sp³-hybridized carbons (Fsp3) is 0.148. The summed E-state index contributed by atoms with van der Waals surface area (Å²) < 4.78 is 3.08. The lowest BCUT2D eigenvalue weighted by Gasteiger charge is -2.15. The summed E-state index contributed by atoms with van der Waals surface area (Å²) in [4.78, 5) is 35.4. The molecule has 0 fully saturated rings. The van der Waals surface area contributed by atoms with E-state index in [9.17, 15) is 9.59 Å². The minimum atomic E-state index is -0.401. The van der Waals surface area contributed by atoms with Crippen LogP contribution in [-0.4, -0.2) is 31.4 Å². The summed E-state index contributed by atoms with van der Waals surface area (Å²) in [6.45, 7) is 2.57. The monoisotopic (exact) mass is 464 g/mol. The fourth-order valence-electron chi connectivity index (χ4n) is 4.10. The molecule has 0 unspecified atom stereocenters. The number of nitrogens with zero attached hydrogens (tertiary/aromatic N) is 4. The van der Waals surface area contributed by atoms with Crippen molar-refractivity contribution in [3.8, 4) is 0 Å². The van der Waals surface area contributed by atoms with Gasteiger partial charge >= 0.3 is 0 Å². The Morgan fingerprint density at radius 1 is 1.06 bits per heavy atom. The van der Waals surface area contributed by atoms with Gasteiger partial charge in [-0.25, -0.2) is 4.98 Å². The molecule has 0 saturated heterocycles. The summed E-state index contributed by atoms with van der Waals surface area (Å²) in [5.41, 5.74) is 3.52. The summed E-state index contributed by atoms with van der Waals surface area (Å²) in [5, 5.41) is 12.0. The van der Waals surface area contributed by atoms with Gasteiger partial charge in [-0.1, -0.05) is 42.5 Å². The molecule has 4 heterocycles. The Morgan fingerprint density at radius 2 is 1.86 bits per heavy atom. The molecule has 5 aromatic rings. The van der Waals surface area contributed by atoms with E-state index in [1.807, 2.05) is 55.5 Å². The molecule has 0 spiro atoms. The minimum Gasteiger partial charge on any atom is -0.352 e. The van der Waals surface area contributed by atoms with Crippen LogP contribution in [0.5, 0.6) is 0 Å². The largest absolute Gasteiger partial charge is 0.352 e. The molecule has 8 heteroatoms. The number of aromatic nitrogens is 4. The highest BCUT2D eigenvalue weighted by molar-refractivity contribution is 5.96. The van der Waals surface area contributed by atoms with Gasteiger partial charge in [0, 0.05) is 25.1 Å². The Kier molecular flexibility index (Phi) is 5.93. The van der Waals surface area contributed by atoms with Gasteiger partial charge in [-0.3, -0.25) is 24.4 Å². The maximum absolute atomic E-state index is 13.4. The van der Waals surface area contributed by atoms with E-state index in [0.717, 1.165) is 16.7 Å². The molecule has 174 valence electrons. The number of aryl methyl sites for hydroxylation is 1. The van der Waals surface area contributed by atoms with Gasteiger partial charge in [0.2, 0.25) is 0 Å². The van der Waals surface area contributed by atoms with Crippen molar-refractivity contribution in [2.24, 2.45) is 0 Å². The van der Waals surface area contributed by atoms with Gasteiger partial charge in [0.15, 0.2) is 0 Å². The zero-order chi connectivity index (χ0) is 24.4. The van der Waals surface area contributed by atoms with E-state index < -0.39 is 5.91 Å². The Morgan fingerprint density at radius 3 is 2.63 bits per heavy atom. The number of benzene rings is 1. The van der Waals surface area contributed by atoms with Gasteiger partial charge in [-0.05, 0) is 48.2 Å². The first-order valence-electron chi connectivity index (χ1n) is 11.3. The molecular weight excluding hydrogens is 440 g/mol. The van der Waals surface area contributed by atoms with Gasteiger partial charge in [-0.15, -0.1) is 0 Å². The first kappa shape index (κ1) is 22.2. The number of hydrogen-bond donors (Lipinski definition) is 2. The summed E-state index contributed by atoms with van der Waals surface area (Å²) >= 11 is 0. The highest BCUT2D eigenvalue weighted by atomic mass is 16.1. The van der Waals surface area contributed by atoms with Crippen LogP contribution in [0.3, 0.4) is 0 Å². The van der Waals surface area contributed by atoms with Gasteiger partial charge < -0.3 is 9.88 Å². The molecule has 0 aliphatic rings. The van der Waals surface area contributed by atoms with E-state index in [-0.39, 0.29) is 28.5 Å². The Balaban J connectivity index is 1.61. The molecule has 0 radical (unpaired) electrons. The van der Waals surface area contributed by atoms with Crippen molar-refractivity contribution < 1.29 is 4.79 Å². The predicted molar refractivity (Wildman–Crippen MR) is 133 cm³/mol. The van der Waals surface area contributed by atoms with Crippen molar-refractivity contribution >= 4 is 22.6 Å². The highest BCUT2D eigenvalue weighted by Crippen LogP contribution is 2.13. The van der Waals surface area contributed by atoms with E-state index in [0.29, 0.717) is 24.3 Å².